The molecule has 1 rings (SSSR count). The van der Waals surface area contributed by atoms with Gasteiger partial charge in [0.15, 0.2) is 0 Å². The van der Waals surface area contributed by atoms with Gasteiger partial charge in [-0.25, -0.2) is 0 Å². The molecule has 0 aromatic carbocycles. The number of rotatable bonds is 4. The van der Waals surface area contributed by atoms with E-state index in [1.807, 2.05) is 6.08 Å². The van der Waals surface area contributed by atoms with Crippen LogP contribution < -0.4 is 11.3 Å². The normalized spacial score (nSPS) is 12.8. The largest absolute Gasteiger partial charge is 0.271 e. The summed E-state index contributed by atoms with van der Waals surface area (Å²) in [6.07, 6.45) is 2.74. The maximum absolute atomic E-state index is 5.41. The molecule has 1 atom stereocenters. The quantitative estimate of drug-likeness (QED) is 0.425. The van der Waals surface area contributed by atoms with Crippen LogP contribution in [0.5, 0.6) is 0 Å². The van der Waals surface area contributed by atoms with Crippen LogP contribution >= 0.6 is 11.3 Å². The summed E-state index contributed by atoms with van der Waals surface area (Å²) in [7, 11) is 0. The fourth-order valence-electron chi connectivity index (χ4n) is 1.11. The molecule has 2 nitrogen and oxygen atoms in total. The van der Waals surface area contributed by atoms with Crippen LogP contribution in [0.15, 0.2) is 24.1 Å². The van der Waals surface area contributed by atoms with E-state index in [4.69, 9.17) is 5.84 Å². The van der Waals surface area contributed by atoms with Crippen LogP contribution in [0.4, 0.5) is 0 Å². The van der Waals surface area contributed by atoms with Crippen LogP contribution in [0.25, 0.3) is 0 Å². The van der Waals surface area contributed by atoms with Crippen LogP contribution in [0.3, 0.4) is 0 Å². The molecular weight excluding hydrogens is 168 g/mol. The number of hydrazine groups is 1. The first-order valence-corrected chi connectivity index (χ1v) is 4.78. The molecule has 3 heteroatoms. The van der Waals surface area contributed by atoms with Crippen molar-refractivity contribution in [1.82, 2.24) is 5.43 Å². The molecule has 0 aliphatic rings. The zero-order valence-corrected chi connectivity index (χ0v) is 8.03. The molecule has 0 aliphatic heterocycles. The lowest BCUT2D eigenvalue weighted by Crippen LogP contribution is -2.27. The lowest BCUT2D eigenvalue weighted by Gasteiger charge is -2.11. The van der Waals surface area contributed by atoms with Gasteiger partial charge in [-0.15, -0.1) is 17.9 Å². The Morgan fingerprint density at radius 1 is 1.83 bits per heavy atom. The summed E-state index contributed by atoms with van der Waals surface area (Å²) in [6, 6.07) is 2.37. The van der Waals surface area contributed by atoms with Crippen molar-refractivity contribution in [3.63, 3.8) is 0 Å². The molecule has 0 amide bonds. The second kappa shape index (κ2) is 4.40. The Balaban J connectivity index is 2.72. The van der Waals surface area contributed by atoms with E-state index in [2.05, 4.69) is 30.4 Å². The smallest absolute Gasteiger partial charge is 0.0502 e. The first-order chi connectivity index (χ1) is 5.77. The molecule has 0 saturated carbocycles. The third-order valence-corrected chi connectivity index (χ3v) is 2.64. The van der Waals surface area contributed by atoms with Gasteiger partial charge < -0.3 is 0 Å². The van der Waals surface area contributed by atoms with Crippen molar-refractivity contribution in [1.29, 1.82) is 0 Å². The minimum atomic E-state index is 0.215. The van der Waals surface area contributed by atoms with Gasteiger partial charge >= 0.3 is 0 Å². The summed E-state index contributed by atoms with van der Waals surface area (Å²) in [4.78, 5) is 1.31. The lowest BCUT2D eigenvalue weighted by molar-refractivity contribution is 0.563. The molecule has 0 saturated heterocycles. The van der Waals surface area contributed by atoms with Gasteiger partial charge in [-0.1, -0.05) is 6.08 Å². The summed E-state index contributed by atoms with van der Waals surface area (Å²) in [5, 5.41) is 2.13. The summed E-state index contributed by atoms with van der Waals surface area (Å²) in [5.41, 5.74) is 4.02. The van der Waals surface area contributed by atoms with E-state index < -0.39 is 0 Å². The molecule has 1 aromatic rings. The Bertz CT molecular complexity index is 255. The van der Waals surface area contributed by atoms with Gasteiger partial charge in [-0.2, -0.15) is 0 Å². The average Bonchev–Trinajstić information content (AvgIpc) is 2.47. The minimum absolute atomic E-state index is 0.215. The zero-order chi connectivity index (χ0) is 8.97. The fourth-order valence-corrected chi connectivity index (χ4v) is 1.87. The van der Waals surface area contributed by atoms with E-state index in [9.17, 15) is 0 Å². The van der Waals surface area contributed by atoms with Gasteiger partial charge in [-0.3, -0.25) is 11.3 Å². The molecule has 1 unspecified atom stereocenters. The summed E-state index contributed by atoms with van der Waals surface area (Å²) in [6.45, 7) is 5.78. The Morgan fingerprint density at radius 2 is 2.58 bits per heavy atom. The second-order valence-electron chi connectivity index (χ2n) is 2.73. The standard InChI is InChI=1S/C9H14N2S/c1-3-4-9(11-10)8-5-7(2)12-6-8/h3,5-6,9,11H,1,4,10H2,2H3. The molecule has 0 aliphatic carbocycles. The van der Waals surface area contributed by atoms with Crippen LogP contribution in [-0.4, -0.2) is 0 Å². The Labute approximate surface area is 77.1 Å². The maximum Gasteiger partial charge on any atom is 0.0502 e. The van der Waals surface area contributed by atoms with E-state index >= 15 is 0 Å². The number of nitrogens with two attached hydrogens (primary N) is 1. The summed E-state index contributed by atoms with van der Waals surface area (Å²) < 4.78 is 0. The lowest BCUT2D eigenvalue weighted by atomic mass is 10.1. The number of nitrogens with one attached hydrogen (secondary N) is 1. The van der Waals surface area contributed by atoms with Crippen molar-refractivity contribution in [3.8, 4) is 0 Å². The molecule has 66 valence electrons. The third kappa shape index (κ3) is 2.17. The zero-order valence-electron chi connectivity index (χ0n) is 7.21. The predicted octanol–water partition coefficient (Wildman–Crippen LogP) is 2.14. The van der Waals surface area contributed by atoms with Gasteiger partial charge in [0.25, 0.3) is 0 Å². The van der Waals surface area contributed by atoms with Crippen molar-refractivity contribution in [2.45, 2.75) is 19.4 Å². The third-order valence-electron chi connectivity index (χ3n) is 1.76. The van der Waals surface area contributed by atoms with E-state index in [1.54, 1.807) is 11.3 Å². The highest BCUT2D eigenvalue weighted by atomic mass is 32.1. The first-order valence-electron chi connectivity index (χ1n) is 3.90. The molecule has 3 N–H and O–H groups in total. The maximum atomic E-state index is 5.41. The number of aryl methyl sites for hydroxylation is 1. The number of thiophene rings is 1. The topological polar surface area (TPSA) is 38.0 Å². The van der Waals surface area contributed by atoms with Gasteiger partial charge in [0.2, 0.25) is 0 Å². The van der Waals surface area contributed by atoms with E-state index in [-0.39, 0.29) is 6.04 Å². The molecule has 1 heterocycles. The van der Waals surface area contributed by atoms with E-state index in [0.29, 0.717) is 0 Å². The average molecular weight is 182 g/mol. The molecule has 0 bridgehead atoms. The van der Waals surface area contributed by atoms with Gasteiger partial charge in [0.1, 0.15) is 0 Å². The molecule has 0 radical (unpaired) electrons. The van der Waals surface area contributed by atoms with Crippen molar-refractivity contribution >= 4 is 11.3 Å². The number of hydrogen-bond acceptors (Lipinski definition) is 3. The molecule has 12 heavy (non-hydrogen) atoms. The highest BCUT2D eigenvalue weighted by Crippen LogP contribution is 2.22. The van der Waals surface area contributed by atoms with Crippen molar-refractivity contribution in [2.24, 2.45) is 5.84 Å². The van der Waals surface area contributed by atoms with E-state index in [0.717, 1.165) is 6.42 Å². The first kappa shape index (κ1) is 9.45. The number of hydrogen-bond donors (Lipinski definition) is 2. The van der Waals surface area contributed by atoms with Crippen molar-refractivity contribution in [2.75, 3.05) is 0 Å². The van der Waals surface area contributed by atoms with Gasteiger partial charge in [0.05, 0.1) is 6.04 Å². The Morgan fingerprint density at radius 3 is 3.00 bits per heavy atom. The van der Waals surface area contributed by atoms with E-state index in [1.165, 1.54) is 10.4 Å². The monoisotopic (exact) mass is 182 g/mol. The molecular formula is C9H14N2S. The minimum Gasteiger partial charge on any atom is -0.271 e. The van der Waals surface area contributed by atoms with Crippen molar-refractivity contribution < 1.29 is 0 Å². The summed E-state index contributed by atoms with van der Waals surface area (Å²) >= 11 is 1.74. The predicted molar refractivity (Wildman–Crippen MR) is 53.9 cm³/mol. The van der Waals surface area contributed by atoms with Crippen LogP contribution in [0.1, 0.15) is 22.9 Å². The SMILES string of the molecule is C=CCC(NN)c1csc(C)c1. The van der Waals surface area contributed by atoms with Crippen LogP contribution in [0, 0.1) is 6.92 Å². The molecule has 0 fully saturated rings. The van der Waals surface area contributed by atoms with Gasteiger partial charge in [0, 0.05) is 4.88 Å². The Hall–Kier alpha value is -0.640. The van der Waals surface area contributed by atoms with Crippen LogP contribution in [-0.2, 0) is 0 Å². The highest BCUT2D eigenvalue weighted by Gasteiger charge is 2.08. The summed E-state index contributed by atoms with van der Waals surface area (Å²) in [5.74, 6) is 5.41. The molecule has 1 aromatic heterocycles. The second-order valence-corrected chi connectivity index (χ2v) is 3.85. The van der Waals surface area contributed by atoms with Crippen molar-refractivity contribution in [3.05, 3.63) is 34.5 Å². The fraction of sp³-hybridized carbons (Fsp3) is 0.333. The van der Waals surface area contributed by atoms with Gasteiger partial charge in [-0.05, 0) is 30.4 Å². The Kier molecular flexibility index (Phi) is 3.47. The van der Waals surface area contributed by atoms with Crippen LogP contribution in [0.2, 0.25) is 0 Å². The molecule has 0 spiro atoms. The highest BCUT2D eigenvalue weighted by molar-refractivity contribution is 7.10.